The molecule has 0 saturated heterocycles. The van der Waals surface area contributed by atoms with Gasteiger partial charge in [-0.2, -0.15) is 0 Å². The maximum absolute atomic E-state index is 13.4. The zero-order chi connectivity index (χ0) is 13.1. The number of halogens is 2. The fraction of sp³-hybridized carbons (Fsp3) is 0.143. The minimum Gasteiger partial charge on any atom is -0.454 e. The summed E-state index contributed by atoms with van der Waals surface area (Å²) in [7, 11) is 0. The van der Waals surface area contributed by atoms with Crippen molar-refractivity contribution in [2.45, 2.75) is 13.5 Å². The highest BCUT2D eigenvalue weighted by Crippen LogP contribution is 2.28. The first-order valence-electron chi connectivity index (χ1n) is 5.43. The van der Waals surface area contributed by atoms with E-state index in [0.717, 1.165) is 29.3 Å². The lowest BCUT2D eigenvalue weighted by atomic mass is 10.1. The van der Waals surface area contributed by atoms with E-state index in [-0.39, 0.29) is 12.4 Å². The van der Waals surface area contributed by atoms with E-state index in [9.17, 15) is 8.78 Å². The molecule has 2 aromatic carbocycles. The van der Waals surface area contributed by atoms with Crippen molar-refractivity contribution < 1.29 is 18.6 Å². The molecule has 1 N–H and O–H groups in total. The molecular weight excluding hydrogens is 238 g/mol. The normalized spacial score (nSPS) is 10.4. The van der Waals surface area contributed by atoms with Gasteiger partial charge in [0.25, 0.3) is 0 Å². The van der Waals surface area contributed by atoms with E-state index in [0.29, 0.717) is 5.75 Å². The molecule has 2 nitrogen and oxygen atoms in total. The maximum atomic E-state index is 13.4. The smallest absolute Gasteiger partial charge is 0.165 e. The summed E-state index contributed by atoms with van der Waals surface area (Å²) in [5.74, 6) is -0.912. The van der Waals surface area contributed by atoms with Crippen molar-refractivity contribution in [3.8, 4) is 11.5 Å². The number of benzene rings is 2. The van der Waals surface area contributed by atoms with Gasteiger partial charge in [-0.25, -0.2) is 8.78 Å². The van der Waals surface area contributed by atoms with E-state index in [1.54, 1.807) is 25.1 Å². The Morgan fingerprint density at radius 1 is 1.06 bits per heavy atom. The minimum absolute atomic E-state index is 0.0740. The van der Waals surface area contributed by atoms with Gasteiger partial charge in [0, 0.05) is 6.07 Å². The van der Waals surface area contributed by atoms with Crippen molar-refractivity contribution in [1.29, 1.82) is 0 Å². The van der Waals surface area contributed by atoms with Crippen LogP contribution in [0.1, 0.15) is 11.1 Å². The second-order valence-electron chi connectivity index (χ2n) is 3.93. The Hall–Kier alpha value is -1.94. The summed E-state index contributed by atoms with van der Waals surface area (Å²) in [6.45, 7) is 1.70. The molecule has 0 fully saturated rings. The van der Waals surface area contributed by atoms with Crippen molar-refractivity contribution >= 4 is 0 Å². The Morgan fingerprint density at radius 2 is 1.83 bits per heavy atom. The number of rotatable bonds is 3. The molecule has 0 radical (unpaired) electrons. The van der Waals surface area contributed by atoms with Crippen LogP contribution in [0.4, 0.5) is 8.78 Å². The van der Waals surface area contributed by atoms with Gasteiger partial charge in [-0.15, -0.1) is 0 Å². The van der Waals surface area contributed by atoms with Gasteiger partial charge in [-0.3, -0.25) is 0 Å². The molecule has 0 spiro atoms. The van der Waals surface area contributed by atoms with Gasteiger partial charge in [0.05, 0.1) is 6.61 Å². The third kappa shape index (κ3) is 2.65. The first kappa shape index (κ1) is 12.5. The highest BCUT2D eigenvalue weighted by atomic mass is 19.1. The van der Waals surface area contributed by atoms with Gasteiger partial charge in [0.15, 0.2) is 11.6 Å². The lowest BCUT2D eigenvalue weighted by Gasteiger charge is -2.10. The van der Waals surface area contributed by atoms with Crippen molar-refractivity contribution in [2.75, 3.05) is 0 Å². The van der Waals surface area contributed by atoms with Crippen molar-refractivity contribution in [2.24, 2.45) is 0 Å². The fourth-order valence-corrected chi connectivity index (χ4v) is 1.60. The topological polar surface area (TPSA) is 29.5 Å². The van der Waals surface area contributed by atoms with Crippen LogP contribution in [0, 0.1) is 18.6 Å². The summed E-state index contributed by atoms with van der Waals surface area (Å²) >= 11 is 0. The van der Waals surface area contributed by atoms with Gasteiger partial charge in [0.1, 0.15) is 11.6 Å². The van der Waals surface area contributed by atoms with E-state index in [4.69, 9.17) is 9.84 Å². The zero-order valence-corrected chi connectivity index (χ0v) is 9.78. The molecule has 0 bridgehead atoms. The van der Waals surface area contributed by atoms with Gasteiger partial charge in [-0.05, 0) is 36.2 Å². The molecule has 0 aliphatic rings. The zero-order valence-electron chi connectivity index (χ0n) is 9.78. The summed E-state index contributed by atoms with van der Waals surface area (Å²) in [5.41, 5.74) is 1.48. The molecule has 0 aliphatic heterocycles. The van der Waals surface area contributed by atoms with E-state index in [2.05, 4.69) is 0 Å². The Balaban J connectivity index is 2.31. The quantitative estimate of drug-likeness (QED) is 0.902. The summed E-state index contributed by atoms with van der Waals surface area (Å²) < 4.78 is 31.7. The molecule has 4 heteroatoms. The molecule has 18 heavy (non-hydrogen) atoms. The summed E-state index contributed by atoms with van der Waals surface area (Å²) in [4.78, 5) is 0. The Labute approximate surface area is 103 Å². The number of ether oxygens (including phenoxy) is 1. The van der Waals surface area contributed by atoms with Crippen LogP contribution >= 0.6 is 0 Å². The average Bonchev–Trinajstić information content (AvgIpc) is 2.36. The van der Waals surface area contributed by atoms with Crippen LogP contribution in [0.25, 0.3) is 0 Å². The number of aryl methyl sites for hydroxylation is 1. The molecule has 0 aliphatic carbocycles. The minimum atomic E-state index is -0.623. The predicted octanol–water partition coefficient (Wildman–Crippen LogP) is 3.56. The highest BCUT2D eigenvalue weighted by Gasteiger charge is 2.08. The van der Waals surface area contributed by atoms with Crippen molar-refractivity contribution in [3.63, 3.8) is 0 Å². The highest BCUT2D eigenvalue weighted by molar-refractivity contribution is 5.40. The van der Waals surface area contributed by atoms with Crippen LogP contribution in [0.2, 0.25) is 0 Å². The molecule has 94 valence electrons. The monoisotopic (exact) mass is 250 g/mol. The van der Waals surface area contributed by atoms with E-state index >= 15 is 0 Å². The number of aliphatic hydroxyl groups is 1. The van der Waals surface area contributed by atoms with E-state index in [1.165, 1.54) is 0 Å². The fourth-order valence-electron chi connectivity index (χ4n) is 1.60. The second kappa shape index (κ2) is 5.14. The Bertz CT molecular complexity index is 568. The summed E-state index contributed by atoms with van der Waals surface area (Å²) in [6.07, 6.45) is 0. The van der Waals surface area contributed by atoms with Crippen LogP contribution in [0.5, 0.6) is 11.5 Å². The molecule has 0 unspecified atom stereocenters. The third-order valence-corrected chi connectivity index (χ3v) is 2.54. The Kier molecular flexibility index (Phi) is 3.58. The standard InChI is InChI=1S/C14H12F2O2/c1-9-6-10(8-17)2-5-13(9)18-14-7-11(15)3-4-12(14)16/h2-7,17H,8H2,1H3. The molecule has 0 aromatic heterocycles. The Morgan fingerprint density at radius 3 is 2.50 bits per heavy atom. The van der Waals surface area contributed by atoms with Gasteiger partial charge in [-0.1, -0.05) is 12.1 Å². The number of hydrogen-bond donors (Lipinski definition) is 1. The predicted molar refractivity (Wildman–Crippen MR) is 63.5 cm³/mol. The van der Waals surface area contributed by atoms with E-state index in [1.807, 2.05) is 0 Å². The second-order valence-corrected chi connectivity index (χ2v) is 3.93. The SMILES string of the molecule is Cc1cc(CO)ccc1Oc1cc(F)ccc1F. The van der Waals surface area contributed by atoms with Gasteiger partial charge in [0.2, 0.25) is 0 Å². The molecule has 0 saturated carbocycles. The van der Waals surface area contributed by atoms with Crippen LogP contribution < -0.4 is 4.74 Å². The molecule has 0 atom stereocenters. The summed E-state index contributed by atoms with van der Waals surface area (Å²) in [6, 6.07) is 8.05. The number of hydrogen-bond acceptors (Lipinski definition) is 2. The first-order valence-corrected chi connectivity index (χ1v) is 5.43. The van der Waals surface area contributed by atoms with Crippen molar-refractivity contribution in [1.82, 2.24) is 0 Å². The molecular formula is C14H12F2O2. The lowest BCUT2D eigenvalue weighted by Crippen LogP contribution is -1.93. The third-order valence-electron chi connectivity index (χ3n) is 2.54. The van der Waals surface area contributed by atoms with Gasteiger partial charge < -0.3 is 9.84 Å². The lowest BCUT2D eigenvalue weighted by molar-refractivity contribution is 0.281. The van der Waals surface area contributed by atoms with Crippen LogP contribution in [0.3, 0.4) is 0 Å². The molecule has 0 heterocycles. The average molecular weight is 250 g/mol. The maximum Gasteiger partial charge on any atom is 0.165 e. The van der Waals surface area contributed by atoms with Gasteiger partial charge >= 0.3 is 0 Å². The molecule has 2 rings (SSSR count). The van der Waals surface area contributed by atoms with Crippen LogP contribution in [-0.4, -0.2) is 5.11 Å². The molecule has 2 aromatic rings. The molecule has 0 amide bonds. The first-order chi connectivity index (χ1) is 8.60. The largest absolute Gasteiger partial charge is 0.454 e. The van der Waals surface area contributed by atoms with E-state index < -0.39 is 11.6 Å². The summed E-state index contributed by atoms with van der Waals surface area (Å²) in [5, 5.41) is 8.97. The number of aliphatic hydroxyl groups excluding tert-OH is 1. The van der Waals surface area contributed by atoms with Crippen LogP contribution in [-0.2, 0) is 6.61 Å². The van der Waals surface area contributed by atoms with Crippen LogP contribution in [0.15, 0.2) is 36.4 Å². The van der Waals surface area contributed by atoms with Crippen molar-refractivity contribution in [3.05, 3.63) is 59.2 Å².